The van der Waals surface area contributed by atoms with E-state index in [1.165, 1.54) is 0 Å². The third kappa shape index (κ3) is 11.1. The molecule has 192 valence electrons. The fourth-order valence-corrected chi connectivity index (χ4v) is 3.15. The first-order chi connectivity index (χ1) is 17.2. The fourth-order valence-electron chi connectivity index (χ4n) is 3.15. The van der Waals surface area contributed by atoms with Gasteiger partial charge in [0.25, 0.3) is 0 Å². The van der Waals surface area contributed by atoms with Crippen molar-refractivity contribution in [2.24, 2.45) is 0 Å². The Bertz CT molecular complexity index is 851. The monoisotopic (exact) mass is 486 g/mol. The average molecular weight is 487 g/mol. The van der Waals surface area contributed by atoms with Gasteiger partial charge in [-0.2, -0.15) is 0 Å². The van der Waals surface area contributed by atoms with Gasteiger partial charge in [0.15, 0.2) is 0 Å². The molecular weight excluding hydrogens is 448 g/mol. The summed E-state index contributed by atoms with van der Waals surface area (Å²) in [5, 5.41) is 0. The van der Waals surface area contributed by atoms with E-state index in [4.69, 9.17) is 33.2 Å². The average Bonchev–Trinajstić information content (AvgIpc) is 2.90. The van der Waals surface area contributed by atoms with Crippen LogP contribution < -0.4 is 9.47 Å². The van der Waals surface area contributed by atoms with E-state index in [0.717, 1.165) is 28.2 Å². The van der Waals surface area contributed by atoms with Crippen molar-refractivity contribution in [2.45, 2.75) is 6.10 Å². The summed E-state index contributed by atoms with van der Waals surface area (Å²) >= 11 is 0. The molecule has 35 heavy (non-hydrogen) atoms. The summed E-state index contributed by atoms with van der Waals surface area (Å²) in [5.74, 6) is 1.52. The van der Waals surface area contributed by atoms with Gasteiger partial charge >= 0.3 is 0 Å². The molecule has 2 aromatic rings. The van der Waals surface area contributed by atoms with Crippen LogP contribution in [0.1, 0.15) is 22.8 Å². The second-order valence-corrected chi connectivity index (χ2v) is 7.49. The molecular formula is C28H38O7. The minimum atomic E-state index is -0.299. The summed E-state index contributed by atoms with van der Waals surface area (Å²) in [4.78, 5) is 0. The van der Waals surface area contributed by atoms with Gasteiger partial charge in [0.2, 0.25) is 0 Å². The summed E-state index contributed by atoms with van der Waals surface area (Å²) in [6.45, 7) is 11.9. The second-order valence-electron chi connectivity index (χ2n) is 7.49. The van der Waals surface area contributed by atoms with Crippen molar-refractivity contribution in [1.82, 2.24) is 0 Å². The Labute approximate surface area is 209 Å². The lowest BCUT2D eigenvalue weighted by molar-refractivity contribution is -0.00284. The summed E-state index contributed by atoms with van der Waals surface area (Å²) in [6, 6.07) is 13.6. The van der Waals surface area contributed by atoms with Crippen molar-refractivity contribution in [3.05, 3.63) is 72.3 Å². The van der Waals surface area contributed by atoms with E-state index >= 15 is 0 Å². The molecule has 0 aromatic heterocycles. The zero-order valence-corrected chi connectivity index (χ0v) is 20.9. The molecule has 1 atom stereocenters. The lowest BCUT2D eigenvalue weighted by atomic mass is 10.0. The van der Waals surface area contributed by atoms with Gasteiger partial charge in [0, 0.05) is 19.8 Å². The molecule has 0 saturated carbocycles. The second kappa shape index (κ2) is 17.7. The number of rotatable bonds is 20. The normalized spacial score (nSPS) is 11.7. The maximum Gasteiger partial charge on any atom is 0.125 e. The molecule has 7 heteroatoms. The Morgan fingerprint density at radius 3 is 1.94 bits per heavy atom. The molecule has 0 aliphatic carbocycles. The Morgan fingerprint density at radius 2 is 1.29 bits per heavy atom. The van der Waals surface area contributed by atoms with Crippen LogP contribution in [0.15, 0.2) is 55.6 Å². The highest BCUT2D eigenvalue weighted by atomic mass is 16.6. The molecule has 0 N–H and O–H groups in total. The van der Waals surface area contributed by atoms with Crippen molar-refractivity contribution >= 4 is 12.2 Å². The topological polar surface area (TPSA) is 64.6 Å². The minimum absolute atomic E-state index is 0.299. The molecule has 0 aliphatic heterocycles. The standard InChI is InChI=1S/C28H38O7/c1-5-23-7-10-25(11-8-23)34-19-18-33-22-28(30-4)26-21-24(6-2)9-12-27(26)35-20-17-32-16-15-31-14-13-29-3/h5-12,21,28H,1-2,13-20,22H2,3-4H3. The van der Waals surface area contributed by atoms with E-state index < -0.39 is 0 Å². The number of hydrogen-bond acceptors (Lipinski definition) is 7. The van der Waals surface area contributed by atoms with Crippen LogP contribution in [0, 0.1) is 0 Å². The van der Waals surface area contributed by atoms with Crippen molar-refractivity contribution in [3.8, 4) is 11.5 Å². The van der Waals surface area contributed by atoms with Crippen molar-refractivity contribution in [3.63, 3.8) is 0 Å². The van der Waals surface area contributed by atoms with Gasteiger partial charge in [-0.25, -0.2) is 0 Å². The zero-order valence-electron chi connectivity index (χ0n) is 20.9. The van der Waals surface area contributed by atoms with Gasteiger partial charge in [-0.15, -0.1) is 0 Å². The molecule has 0 bridgehead atoms. The molecule has 0 saturated heterocycles. The van der Waals surface area contributed by atoms with Crippen molar-refractivity contribution in [1.29, 1.82) is 0 Å². The lowest BCUT2D eigenvalue weighted by Crippen LogP contribution is -2.16. The van der Waals surface area contributed by atoms with Crippen LogP contribution in [0.3, 0.4) is 0 Å². The molecule has 2 aromatic carbocycles. The van der Waals surface area contributed by atoms with E-state index in [2.05, 4.69) is 13.2 Å². The van der Waals surface area contributed by atoms with Crippen molar-refractivity contribution < 1.29 is 33.2 Å². The van der Waals surface area contributed by atoms with E-state index in [-0.39, 0.29) is 6.10 Å². The van der Waals surface area contributed by atoms with Crippen LogP contribution in [0.4, 0.5) is 0 Å². The highest BCUT2D eigenvalue weighted by molar-refractivity contribution is 5.52. The van der Waals surface area contributed by atoms with E-state index in [1.54, 1.807) is 26.4 Å². The highest BCUT2D eigenvalue weighted by Crippen LogP contribution is 2.29. The highest BCUT2D eigenvalue weighted by Gasteiger charge is 2.17. The van der Waals surface area contributed by atoms with E-state index in [9.17, 15) is 0 Å². The summed E-state index contributed by atoms with van der Waals surface area (Å²) in [5.41, 5.74) is 2.92. The van der Waals surface area contributed by atoms with Gasteiger partial charge in [-0.1, -0.05) is 43.5 Å². The summed E-state index contributed by atoms with van der Waals surface area (Å²) in [6.07, 6.45) is 3.29. The van der Waals surface area contributed by atoms with E-state index in [1.807, 2.05) is 42.5 Å². The Morgan fingerprint density at radius 1 is 0.686 bits per heavy atom. The summed E-state index contributed by atoms with van der Waals surface area (Å²) < 4.78 is 39.1. The Balaban J connectivity index is 1.78. The van der Waals surface area contributed by atoms with Crippen LogP contribution in [-0.2, 0) is 23.7 Å². The van der Waals surface area contributed by atoms with Crippen LogP contribution in [0.25, 0.3) is 12.2 Å². The predicted molar refractivity (Wildman–Crippen MR) is 138 cm³/mol. The molecule has 0 spiro atoms. The first-order valence-corrected chi connectivity index (χ1v) is 11.7. The molecule has 7 nitrogen and oxygen atoms in total. The van der Waals surface area contributed by atoms with Crippen LogP contribution >= 0.6 is 0 Å². The number of hydrogen-bond donors (Lipinski definition) is 0. The molecule has 0 heterocycles. The number of benzene rings is 2. The van der Waals surface area contributed by atoms with Gasteiger partial charge in [-0.3, -0.25) is 0 Å². The predicted octanol–water partition coefficient (Wildman–Crippen LogP) is 4.81. The molecule has 0 amide bonds. The maximum absolute atomic E-state index is 5.98. The van der Waals surface area contributed by atoms with Gasteiger partial charge in [-0.05, 0) is 35.4 Å². The first kappa shape index (κ1) is 28.6. The number of ether oxygens (including phenoxy) is 7. The molecule has 0 fully saturated rings. The van der Waals surface area contributed by atoms with Crippen LogP contribution in [0.2, 0.25) is 0 Å². The smallest absolute Gasteiger partial charge is 0.125 e. The third-order valence-electron chi connectivity index (χ3n) is 5.07. The SMILES string of the molecule is C=Cc1ccc(OCCOCC(OC)c2cc(C=C)ccc2OCCOCCOCCOC)cc1. The Kier molecular flexibility index (Phi) is 14.5. The van der Waals surface area contributed by atoms with Gasteiger partial charge in [0.1, 0.15) is 30.8 Å². The molecule has 2 rings (SSSR count). The third-order valence-corrected chi connectivity index (χ3v) is 5.07. The minimum Gasteiger partial charge on any atom is -0.491 e. The van der Waals surface area contributed by atoms with Crippen LogP contribution in [0.5, 0.6) is 11.5 Å². The molecule has 1 unspecified atom stereocenters. The van der Waals surface area contributed by atoms with Crippen molar-refractivity contribution in [2.75, 3.05) is 73.7 Å². The maximum atomic E-state index is 5.98. The zero-order chi connectivity index (χ0) is 25.1. The Hall–Kier alpha value is -2.68. The fraction of sp³-hybridized carbons (Fsp3) is 0.429. The van der Waals surface area contributed by atoms with E-state index in [0.29, 0.717) is 59.5 Å². The number of methoxy groups -OCH3 is 2. The van der Waals surface area contributed by atoms with Gasteiger partial charge in [0.05, 0.1) is 46.2 Å². The summed E-state index contributed by atoms with van der Waals surface area (Å²) in [7, 11) is 3.30. The van der Waals surface area contributed by atoms with Gasteiger partial charge < -0.3 is 33.2 Å². The largest absolute Gasteiger partial charge is 0.491 e. The van der Waals surface area contributed by atoms with Crippen LogP contribution in [-0.4, -0.2) is 73.7 Å². The molecule has 0 aliphatic rings. The molecule has 0 radical (unpaired) electrons. The quantitative estimate of drug-likeness (QED) is 0.249. The lowest BCUT2D eigenvalue weighted by Gasteiger charge is -2.20. The first-order valence-electron chi connectivity index (χ1n) is 11.7.